The quantitative estimate of drug-likeness (QED) is 0.734. The van der Waals surface area contributed by atoms with Gasteiger partial charge in [-0.25, -0.2) is 0 Å². The van der Waals surface area contributed by atoms with Crippen molar-refractivity contribution in [1.29, 1.82) is 0 Å². The Bertz CT molecular complexity index is 337. The first kappa shape index (κ1) is 14.0. The summed E-state index contributed by atoms with van der Waals surface area (Å²) in [5.74, 6) is 0.986. The molecule has 0 atom stereocenters. The molecule has 0 aromatic heterocycles. The number of nitrogens with zero attached hydrogens (tertiary/aromatic N) is 1. The van der Waals surface area contributed by atoms with Gasteiger partial charge in [-0.3, -0.25) is 0 Å². The number of ether oxygens (including phenoxy) is 1. The second kappa shape index (κ2) is 7.30. The fourth-order valence-corrected chi connectivity index (χ4v) is 1.76. The van der Waals surface area contributed by atoms with Crippen LogP contribution in [0.5, 0.6) is 5.75 Å². The van der Waals surface area contributed by atoms with Crippen LogP contribution in [0.1, 0.15) is 17.5 Å². The van der Waals surface area contributed by atoms with Gasteiger partial charge < -0.3 is 15.4 Å². The predicted octanol–water partition coefficient (Wildman–Crippen LogP) is 1.83. The molecule has 1 rings (SSSR count). The van der Waals surface area contributed by atoms with Crippen LogP contribution in [-0.2, 0) is 6.42 Å². The smallest absolute Gasteiger partial charge is 0.122 e. The Labute approximate surface area is 105 Å². The first-order valence-corrected chi connectivity index (χ1v) is 6.20. The van der Waals surface area contributed by atoms with Crippen molar-refractivity contribution in [2.45, 2.75) is 19.8 Å². The molecule has 0 saturated carbocycles. The maximum absolute atomic E-state index is 5.81. The average molecular weight is 236 g/mol. The molecule has 17 heavy (non-hydrogen) atoms. The van der Waals surface area contributed by atoms with Crippen molar-refractivity contribution in [2.24, 2.45) is 5.73 Å². The number of rotatable bonds is 7. The highest BCUT2D eigenvalue weighted by molar-refractivity contribution is 5.37. The summed E-state index contributed by atoms with van der Waals surface area (Å²) in [6, 6.07) is 6.30. The van der Waals surface area contributed by atoms with E-state index >= 15 is 0 Å². The van der Waals surface area contributed by atoms with E-state index in [9.17, 15) is 0 Å². The zero-order valence-corrected chi connectivity index (χ0v) is 11.2. The van der Waals surface area contributed by atoms with Crippen LogP contribution in [-0.4, -0.2) is 38.7 Å². The summed E-state index contributed by atoms with van der Waals surface area (Å²) in [5, 5.41) is 0. The summed E-state index contributed by atoms with van der Waals surface area (Å²) in [5.41, 5.74) is 8.09. The normalized spacial score (nSPS) is 10.9. The Morgan fingerprint density at radius 3 is 2.71 bits per heavy atom. The Morgan fingerprint density at radius 2 is 2.06 bits per heavy atom. The van der Waals surface area contributed by atoms with Crippen LogP contribution in [0.25, 0.3) is 0 Å². The van der Waals surface area contributed by atoms with Crippen LogP contribution in [0.4, 0.5) is 0 Å². The van der Waals surface area contributed by atoms with Crippen molar-refractivity contribution in [3.63, 3.8) is 0 Å². The van der Waals surface area contributed by atoms with E-state index < -0.39 is 0 Å². The van der Waals surface area contributed by atoms with E-state index in [4.69, 9.17) is 10.5 Å². The lowest BCUT2D eigenvalue weighted by Crippen LogP contribution is -2.16. The molecule has 0 radical (unpaired) electrons. The lowest BCUT2D eigenvalue weighted by Gasteiger charge is -2.13. The molecule has 0 aliphatic carbocycles. The summed E-state index contributed by atoms with van der Waals surface area (Å²) in [7, 11) is 4.15. The zero-order valence-electron chi connectivity index (χ0n) is 11.2. The van der Waals surface area contributed by atoms with Crippen LogP contribution in [0.2, 0.25) is 0 Å². The van der Waals surface area contributed by atoms with Crippen LogP contribution < -0.4 is 10.5 Å². The highest BCUT2D eigenvalue weighted by Gasteiger charge is 2.03. The van der Waals surface area contributed by atoms with Gasteiger partial charge in [0.1, 0.15) is 5.75 Å². The molecule has 3 nitrogen and oxygen atoms in total. The monoisotopic (exact) mass is 236 g/mol. The number of hydrogen-bond acceptors (Lipinski definition) is 3. The highest BCUT2D eigenvalue weighted by Crippen LogP contribution is 2.20. The molecule has 0 heterocycles. The molecular weight excluding hydrogens is 212 g/mol. The summed E-state index contributed by atoms with van der Waals surface area (Å²) >= 11 is 0. The minimum absolute atomic E-state index is 0.664. The third-order valence-corrected chi connectivity index (χ3v) is 2.64. The molecule has 2 N–H and O–H groups in total. The molecule has 1 aromatic carbocycles. The molecule has 96 valence electrons. The van der Waals surface area contributed by atoms with Gasteiger partial charge in [-0.15, -0.1) is 0 Å². The average Bonchev–Trinajstić information content (AvgIpc) is 2.27. The van der Waals surface area contributed by atoms with Crippen molar-refractivity contribution < 1.29 is 4.74 Å². The third-order valence-electron chi connectivity index (χ3n) is 2.64. The maximum Gasteiger partial charge on any atom is 0.122 e. The van der Waals surface area contributed by atoms with Gasteiger partial charge in [-0.2, -0.15) is 0 Å². The first-order valence-electron chi connectivity index (χ1n) is 6.20. The molecule has 0 aliphatic heterocycles. The Kier molecular flexibility index (Phi) is 6.01. The van der Waals surface area contributed by atoms with E-state index in [2.05, 4.69) is 44.1 Å². The molecule has 0 spiro atoms. The number of aryl methyl sites for hydroxylation is 1. The van der Waals surface area contributed by atoms with Crippen LogP contribution in [0, 0.1) is 6.92 Å². The van der Waals surface area contributed by atoms with E-state index in [0.29, 0.717) is 6.54 Å². The predicted molar refractivity (Wildman–Crippen MR) is 72.6 cm³/mol. The summed E-state index contributed by atoms with van der Waals surface area (Å²) in [4.78, 5) is 2.17. The van der Waals surface area contributed by atoms with E-state index in [-0.39, 0.29) is 0 Å². The largest absolute Gasteiger partial charge is 0.493 e. The van der Waals surface area contributed by atoms with Gasteiger partial charge in [0.2, 0.25) is 0 Å². The Morgan fingerprint density at radius 1 is 1.29 bits per heavy atom. The van der Waals surface area contributed by atoms with Crippen molar-refractivity contribution in [3.8, 4) is 5.75 Å². The third kappa shape index (κ3) is 5.20. The Hall–Kier alpha value is -1.06. The lowest BCUT2D eigenvalue weighted by atomic mass is 10.1. The number of benzene rings is 1. The zero-order chi connectivity index (χ0) is 12.7. The van der Waals surface area contributed by atoms with E-state index in [1.807, 2.05) is 0 Å². The van der Waals surface area contributed by atoms with Crippen molar-refractivity contribution in [2.75, 3.05) is 33.8 Å². The summed E-state index contributed by atoms with van der Waals surface area (Å²) < 4.78 is 5.81. The van der Waals surface area contributed by atoms with Crippen LogP contribution in [0.15, 0.2) is 18.2 Å². The SMILES string of the molecule is Cc1ccc(OCCCN(C)C)c(CCN)c1. The molecule has 0 saturated heterocycles. The molecule has 0 amide bonds. The first-order chi connectivity index (χ1) is 8.13. The fourth-order valence-electron chi connectivity index (χ4n) is 1.76. The second-order valence-corrected chi connectivity index (χ2v) is 4.66. The number of hydrogen-bond donors (Lipinski definition) is 1. The van der Waals surface area contributed by atoms with Crippen LogP contribution >= 0.6 is 0 Å². The van der Waals surface area contributed by atoms with Gasteiger partial charge in [0.05, 0.1) is 6.61 Å². The minimum Gasteiger partial charge on any atom is -0.493 e. The fraction of sp³-hybridized carbons (Fsp3) is 0.571. The maximum atomic E-state index is 5.81. The van der Waals surface area contributed by atoms with E-state index in [0.717, 1.165) is 31.7 Å². The van der Waals surface area contributed by atoms with Gasteiger partial charge in [0, 0.05) is 6.54 Å². The molecule has 0 fully saturated rings. The van der Waals surface area contributed by atoms with Crippen molar-refractivity contribution in [1.82, 2.24) is 4.90 Å². The standard InChI is InChI=1S/C14H24N2O/c1-12-5-6-14(13(11-12)7-8-15)17-10-4-9-16(2)3/h5-6,11H,4,7-10,15H2,1-3H3. The molecule has 3 heteroatoms. The van der Waals surface area contributed by atoms with E-state index in [1.165, 1.54) is 11.1 Å². The molecule has 0 unspecified atom stereocenters. The lowest BCUT2D eigenvalue weighted by molar-refractivity contribution is 0.279. The van der Waals surface area contributed by atoms with E-state index in [1.54, 1.807) is 0 Å². The van der Waals surface area contributed by atoms with Crippen molar-refractivity contribution in [3.05, 3.63) is 29.3 Å². The summed E-state index contributed by atoms with van der Waals surface area (Å²) in [6.45, 7) is 4.57. The van der Waals surface area contributed by atoms with Gasteiger partial charge >= 0.3 is 0 Å². The number of nitrogens with two attached hydrogens (primary N) is 1. The molecule has 1 aromatic rings. The Balaban J connectivity index is 2.51. The molecule has 0 bridgehead atoms. The highest BCUT2D eigenvalue weighted by atomic mass is 16.5. The van der Waals surface area contributed by atoms with Crippen molar-refractivity contribution >= 4 is 0 Å². The van der Waals surface area contributed by atoms with Gasteiger partial charge in [-0.05, 0) is 52.0 Å². The minimum atomic E-state index is 0.664. The molecular formula is C14H24N2O. The van der Waals surface area contributed by atoms with Gasteiger partial charge in [0.25, 0.3) is 0 Å². The van der Waals surface area contributed by atoms with Gasteiger partial charge in [0.15, 0.2) is 0 Å². The van der Waals surface area contributed by atoms with Crippen LogP contribution in [0.3, 0.4) is 0 Å². The van der Waals surface area contributed by atoms with Gasteiger partial charge in [-0.1, -0.05) is 17.7 Å². The summed E-state index contributed by atoms with van der Waals surface area (Å²) in [6.07, 6.45) is 1.92. The topological polar surface area (TPSA) is 38.5 Å². The second-order valence-electron chi connectivity index (χ2n) is 4.66. The molecule has 0 aliphatic rings.